The number of rotatable bonds is 5. The number of para-hydroxylation sites is 1. The summed E-state index contributed by atoms with van der Waals surface area (Å²) in [7, 11) is 0. The van der Waals surface area contributed by atoms with Gasteiger partial charge >= 0.3 is 5.97 Å². The van der Waals surface area contributed by atoms with Gasteiger partial charge in [-0.2, -0.15) is 0 Å². The normalized spacial score (nSPS) is 10.8. The van der Waals surface area contributed by atoms with Crippen molar-refractivity contribution < 1.29 is 9.90 Å². The topological polar surface area (TPSA) is 68.0 Å². The minimum absolute atomic E-state index is 0.107. The predicted octanol–water partition coefficient (Wildman–Crippen LogP) is 3.31. The smallest absolute Gasteiger partial charge is 0.313 e. The molecule has 0 radical (unpaired) electrons. The summed E-state index contributed by atoms with van der Waals surface area (Å²) in [5.74, 6) is -0.357. The number of thioether (sulfide) groups is 1. The van der Waals surface area contributed by atoms with Crippen molar-refractivity contribution in [3.05, 3.63) is 34.1 Å². The van der Waals surface area contributed by atoms with Gasteiger partial charge in [-0.25, -0.2) is 0 Å². The molecule has 0 bridgehead atoms. The number of carbonyl (C=O) groups is 1. The molecule has 1 aromatic heterocycles. The quantitative estimate of drug-likeness (QED) is 0.851. The number of halogens is 2. The number of aryl methyl sites for hydroxylation is 1. The van der Waals surface area contributed by atoms with Crippen LogP contribution in [0.15, 0.2) is 23.4 Å². The van der Waals surface area contributed by atoms with Gasteiger partial charge in [0.15, 0.2) is 5.16 Å². The van der Waals surface area contributed by atoms with Crippen LogP contribution in [0.5, 0.6) is 0 Å². The highest BCUT2D eigenvalue weighted by Gasteiger charge is 2.18. The third kappa shape index (κ3) is 3.08. The van der Waals surface area contributed by atoms with Gasteiger partial charge in [0.1, 0.15) is 5.82 Å². The van der Waals surface area contributed by atoms with Crippen LogP contribution in [0.3, 0.4) is 0 Å². The summed E-state index contributed by atoms with van der Waals surface area (Å²) in [6, 6.07) is 5.18. The van der Waals surface area contributed by atoms with E-state index in [9.17, 15) is 4.79 Å². The van der Waals surface area contributed by atoms with Gasteiger partial charge in [0.25, 0.3) is 0 Å². The van der Waals surface area contributed by atoms with Gasteiger partial charge in [0.2, 0.25) is 0 Å². The first-order chi connectivity index (χ1) is 9.54. The molecule has 0 saturated carbocycles. The van der Waals surface area contributed by atoms with Gasteiger partial charge in [0, 0.05) is 6.42 Å². The maximum absolute atomic E-state index is 10.7. The predicted molar refractivity (Wildman–Crippen MR) is 79.1 cm³/mol. The van der Waals surface area contributed by atoms with E-state index in [0.717, 1.165) is 11.8 Å². The van der Waals surface area contributed by atoms with E-state index >= 15 is 0 Å². The molecule has 1 heterocycles. The molecular formula is C12H11Cl2N3O2S. The second-order valence-electron chi connectivity index (χ2n) is 3.84. The van der Waals surface area contributed by atoms with E-state index in [2.05, 4.69) is 10.2 Å². The third-order valence-corrected chi connectivity index (χ3v) is 4.03. The van der Waals surface area contributed by atoms with E-state index in [1.807, 2.05) is 6.92 Å². The Labute approximate surface area is 129 Å². The summed E-state index contributed by atoms with van der Waals surface area (Å²) in [5, 5.41) is 18.2. The van der Waals surface area contributed by atoms with Crippen LogP contribution in [-0.2, 0) is 11.2 Å². The lowest BCUT2D eigenvalue weighted by Crippen LogP contribution is -2.05. The standard InChI is InChI=1S/C12H11Cl2N3O2S/c1-2-9-15-16-12(20-6-10(18)19)17(9)11-7(13)4-3-5-8(11)14/h3-5H,2,6H2,1H3,(H,18,19). The van der Waals surface area contributed by atoms with E-state index in [1.165, 1.54) is 0 Å². The summed E-state index contributed by atoms with van der Waals surface area (Å²) in [4.78, 5) is 10.7. The number of hydrogen-bond donors (Lipinski definition) is 1. The second-order valence-corrected chi connectivity index (χ2v) is 5.60. The van der Waals surface area contributed by atoms with Crippen LogP contribution in [0.4, 0.5) is 0 Å². The highest BCUT2D eigenvalue weighted by atomic mass is 35.5. The van der Waals surface area contributed by atoms with Crippen molar-refractivity contribution in [1.82, 2.24) is 14.8 Å². The van der Waals surface area contributed by atoms with Gasteiger partial charge in [-0.15, -0.1) is 10.2 Å². The van der Waals surface area contributed by atoms with E-state index in [-0.39, 0.29) is 5.75 Å². The second kappa shape index (κ2) is 6.47. The van der Waals surface area contributed by atoms with Gasteiger partial charge in [-0.1, -0.05) is 48.0 Å². The Morgan fingerprint density at radius 2 is 2.00 bits per heavy atom. The van der Waals surface area contributed by atoms with Crippen molar-refractivity contribution in [1.29, 1.82) is 0 Å². The van der Waals surface area contributed by atoms with Crippen LogP contribution < -0.4 is 0 Å². The molecule has 0 saturated heterocycles. The minimum atomic E-state index is -0.923. The molecule has 0 aliphatic heterocycles. The number of carboxylic acids is 1. The average Bonchev–Trinajstić information content (AvgIpc) is 2.79. The molecule has 0 unspecified atom stereocenters. The summed E-state index contributed by atoms with van der Waals surface area (Å²) in [6.45, 7) is 1.93. The van der Waals surface area contributed by atoms with Crippen LogP contribution in [0, 0.1) is 0 Å². The highest BCUT2D eigenvalue weighted by Crippen LogP contribution is 2.32. The Morgan fingerprint density at radius 3 is 2.55 bits per heavy atom. The van der Waals surface area contributed by atoms with Crippen LogP contribution in [-0.4, -0.2) is 31.6 Å². The highest BCUT2D eigenvalue weighted by molar-refractivity contribution is 7.99. The Bertz CT molecular complexity index is 625. The number of aliphatic carboxylic acids is 1. The summed E-state index contributed by atoms with van der Waals surface area (Å²) >= 11 is 13.5. The van der Waals surface area contributed by atoms with E-state index in [1.54, 1.807) is 22.8 Å². The first-order valence-electron chi connectivity index (χ1n) is 5.77. The third-order valence-electron chi connectivity index (χ3n) is 2.50. The van der Waals surface area contributed by atoms with Crippen molar-refractivity contribution in [3.63, 3.8) is 0 Å². The molecule has 1 N–H and O–H groups in total. The van der Waals surface area contributed by atoms with Crippen molar-refractivity contribution >= 4 is 40.9 Å². The van der Waals surface area contributed by atoms with Gasteiger partial charge < -0.3 is 5.11 Å². The van der Waals surface area contributed by atoms with Crippen molar-refractivity contribution in [2.75, 3.05) is 5.75 Å². The Kier molecular flexibility index (Phi) is 4.91. The van der Waals surface area contributed by atoms with Crippen LogP contribution in [0.2, 0.25) is 10.0 Å². The molecule has 1 aromatic carbocycles. The van der Waals surface area contributed by atoms with Gasteiger partial charge in [-0.3, -0.25) is 9.36 Å². The molecule has 0 atom stereocenters. The first-order valence-corrected chi connectivity index (χ1v) is 7.52. The van der Waals surface area contributed by atoms with E-state index < -0.39 is 5.97 Å². The van der Waals surface area contributed by atoms with Crippen molar-refractivity contribution in [3.8, 4) is 5.69 Å². The lowest BCUT2D eigenvalue weighted by atomic mass is 10.3. The Balaban J connectivity index is 2.53. The summed E-state index contributed by atoms with van der Waals surface area (Å²) < 4.78 is 1.71. The number of aromatic nitrogens is 3. The van der Waals surface area contributed by atoms with E-state index in [0.29, 0.717) is 33.1 Å². The molecule has 5 nitrogen and oxygen atoms in total. The fraction of sp³-hybridized carbons (Fsp3) is 0.250. The first kappa shape index (κ1) is 15.2. The van der Waals surface area contributed by atoms with Crippen LogP contribution in [0.25, 0.3) is 5.69 Å². The molecule has 0 spiro atoms. The molecule has 0 amide bonds. The number of benzene rings is 1. The number of nitrogens with zero attached hydrogens (tertiary/aromatic N) is 3. The SMILES string of the molecule is CCc1nnc(SCC(=O)O)n1-c1c(Cl)cccc1Cl. The summed E-state index contributed by atoms with van der Waals surface area (Å²) in [5.41, 5.74) is 0.575. The van der Waals surface area contributed by atoms with Crippen LogP contribution >= 0.6 is 35.0 Å². The van der Waals surface area contributed by atoms with Crippen molar-refractivity contribution in [2.24, 2.45) is 0 Å². The molecule has 0 aliphatic rings. The molecular weight excluding hydrogens is 321 g/mol. The zero-order valence-corrected chi connectivity index (χ0v) is 12.8. The molecule has 20 heavy (non-hydrogen) atoms. The molecule has 0 fully saturated rings. The minimum Gasteiger partial charge on any atom is -0.481 e. The monoisotopic (exact) mass is 331 g/mol. The molecule has 2 aromatic rings. The molecule has 2 rings (SSSR count). The zero-order valence-electron chi connectivity index (χ0n) is 10.5. The van der Waals surface area contributed by atoms with Crippen LogP contribution in [0.1, 0.15) is 12.7 Å². The lowest BCUT2D eigenvalue weighted by Gasteiger charge is -2.12. The maximum atomic E-state index is 10.7. The Hall–Kier alpha value is -1.24. The zero-order chi connectivity index (χ0) is 14.7. The van der Waals surface area contributed by atoms with Crippen molar-refractivity contribution in [2.45, 2.75) is 18.5 Å². The maximum Gasteiger partial charge on any atom is 0.313 e. The number of hydrogen-bond acceptors (Lipinski definition) is 4. The molecule has 0 aliphatic carbocycles. The molecule has 106 valence electrons. The number of carboxylic acid groups (broad SMARTS) is 1. The lowest BCUT2D eigenvalue weighted by molar-refractivity contribution is -0.133. The largest absolute Gasteiger partial charge is 0.481 e. The van der Waals surface area contributed by atoms with Gasteiger partial charge in [0.05, 0.1) is 21.5 Å². The average molecular weight is 332 g/mol. The fourth-order valence-corrected chi connectivity index (χ4v) is 2.92. The van der Waals surface area contributed by atoms with E-state index in [4.69, 9.17) is 28.3 Å². The fourth-order valence-electron chi connectivity index (χ4n) is 1.68. The summed E-state index contributed by atoms with van der Waals surface area (Å²) in [6.07, 6.45) is 0.627. The molecule has 8 heteroatoms. The van der Waals surface area contributed by atoms with Gasteiger partial charge in [-0.05, 0) is 12.1 Å². The Morgan fingerprint density at radius 1 is 1.35 bits per heavy atom.